The van der Waals surface area contributed by atoms with Gasteiger partial charge in [0.1, 0.15) is 0 Å². The third kappa shape index (κ3) is 9.50. The lowest BCUT2D eigenvalue weighted by Crippen LogP contribution is -2.26. The number of ether oxygens (including phenoxy) is 1. The number of carbonyl (C=O) groups is 1. The summed E-state index contributed by atoms with van der Waals surface area (Å²) in [4.78, 5) is 9.98. The molecular formula is C8H12FO4S-. The molecule has 0 aromatic heterocycles. The van der Waals surface area contributed by atoms with E-state index in [2.05, 4.69) is 0 Å². The number of carbonyl (C=O) groups excluding carboxylic acids is 1. The van der Waals surface area contributed by atoms with E-state index in [-0.39, 0.29) is 24.7 Å². The quantitative estimate of drug-likeness (QED) is 0.553. The predicted molar refractivity (Wildman–Crippen MR) is 49.4 cm³/mol. The van der Waals surface area contributed by atoms with Gasteiger partial charge in [0.2, 0.25) is 0 Å². The number of aliphatic hydroxyl groups is 1. The molecule has 4 nitrogen and oxygen atoms in total. The van der Waals surface area contributed by atoms with E-state index in [0.29, 0.717) is 6.33 Å². The van der Waals surface area contributed by atoms with Crippen LogP contribution in [0.1, 0.15) is 0 Å². The number of aliphatic hydroxyl groups excluding tert-OH is 1. The van der Waals surface area contributed by atoms with Gasteiger partial charge in [-0.15, -0.1) is 0 Å². The van der Waals surface area contributed by atoms with Crippen molar-refractivity contribution in [1.82, 2.24) is 0 Å². The molecule has 0 aliphatic heterocycles. The van der Waals surface area contributed by atoms with Crippen molar-refractivity contribution in [1.29, 1.82) is 0 Å². The van der Waals surface area contributed by atoms with Crippen molar-refractivity contribution in [3.8, 4) is 0 Å². The van der Waals surface area contributed by atoms with E-state index in [1.54, 1.807) is 0 Å². The number of carboxylic acids is 1. The molecule has 0 rings (SSSR count). The van der Waals surface area contributed by atoms with Gasteiger partial charge in [0, 0.05) is 11.5 Å². The highest BCUT2D eigenvalue weighted by molar-refractivity contribution is 7.99. The van der Waals surface area contributed by atoms with Gasteiger partial charge in [-0.1, -0.05) is 0 Å². The Hall–Kier alpha value is -0.590. The van der Waals surface area contributed by atoms with Gasteiger partial charge >= 0.3 is 0 Å². The van der Waals surface area contributed by atoms with Crippen LogP contribution in [0.5, 0.6) is 0 Å². The molecule has 0 aliphatic carbocycles. The molecule has 0 saturated heterocycles. The summed E-state index contributed by atoms with van der Waals surface area (Å²) in [6, 6.07) is 0. The second kappa shape index (κ2) is 8.98. The topological polar surface area (TPSA) is 69.6 Å². The third-order valence-electron chi connectivity index (χ3n) is 1.14. The Kier molecular flexibility index (Phi) is 8.61. The summed E-state index contributed by atoms with van der Waals surface area (Å²) in [5.41, 5.74) is 0. The van der Waals surface area contributed by atoms with Gasteiger partial charge in [-0.3, -0.25) is 0 Å². The maximum atomic E-state index is 11.4. The van der Waals surface area contributed by atoms with Crippen LogP contribution in [-0.4, -0.2) is 41.9 Å². The first-order valence-corrected chi connectivity index (χ1v) is 5.11. The molecule has 1 N–H and O–H groups in total. The van der Waals surface area contributed by atoms with Gasteiger partial charge in [-0.05, 0) is 6.08 Å². The summed E-state index contributed by atoms with van der Waals surface area (Å²) < 4.78 is 16.2. The molecule has 14 heavy (non-hydrogen) atoms. The fourth-order valence-corrected chi connectivity index (χ4v) is 1.29. The second-order valence-corrected chi connectivity index (χ2v) is 3.47. The lowest BCUT2D eigenvalue weighted by molar-refractivity contribution is -0.301. The molecule has 0 aliphatic rings. The lowest BCUT2D eigenvalue weighted by Gasteiger charge is -2.09. The van der Waals surface area contributed by atoms with E-state index < -0.39 is 12.1 Å². The number of thioether (sulfide) groups is 1. The normalized spacial score (nSPS) is 13.3. The van der Waals surface area contributed by atoms with Crippen LogP contribution in [-0.2, 0) is 9.53 Å². The van der Waals surface area contributed by atoms with Gasteiger partial charge in [-0.25, -0.2) is 4.39 Å². The fraction of sp³-hybridized carbons (Fsp3) is 0.625. The molecule has 0 spiro atoms. The summed E-state index contributed by atoms with van der Waals surface area (Å²) in [5.74, 6) is -1.06. The van der Waals surface area contributed by atoms with Gasteiger partial charge in [0.05, 0.1) is 31.6 Å². The molecule has 0 heterocycles. The molecule has 0 saturated carbocycles. The Morgan fingerprint density at radius 3 is 3.00 bits per heavy atom. The highest BCUT2D eigenvalue weighted by atomic mass is 32.2. The van der Waals surface area contributed by atoms with E-state index in [1.165, 1.54) is 6.08 Å². The third-order valence-corrected chi connectivity index (χ3v) is 2.20. The minimum absolute atomic E-state index is 0.0599. The lowest BCUT2D eigenvalue weighted by atomic mass is 10.4. The summed E-state index contributed by atoms with van der Waals surface area (Å²) in [6.07, 6.45) is 0.783. The largest absolute Gasteiger partial charge is 0.549 e. The molecule has 0 amide bonds. The Labute approximate surface area is 85.8 Å². The number of aliphatic carboxylic acids is 1. The zero-order valence-electron chi connectivity index (χ0n) is 7.52. The summed E-state index contributed by atoms with van der Waals surface area (Å²) in [5, 5.41) is 19.2. The second-order valence-electron chi connectivity index (χ2n) is 2.44. The van der Waals surface area contributed by atoms with Crippen molar-refractivity contribution in [2.45, 2.75) is 6.10 Å². The molecule has 0 aromatic carbocycles. The Morgan fingerprint density at radius 2 is 2.43 bits per heavy atom. The van der Waals surface area contributed by atoms with Crippen LogP contribution in [0.15, 0.2) is 12.4 Å². The average Bonchev–Trinajstić information content (AvgIpc) is 2.12. The highest BCUT2D eigenvalue weighted by Crippen LogP contribution is 2.02. The van der Waals surface area contributed by atoms with Crippen molar-refractivity contribution in [3.63, 3.8) is 0 Å². The van der Waals surface area contributed by atoms with Crippen LogP contribution in [0.4, 0.5) is 4.39 Å². The van der Waals surface area contributed by atoms with Gasteiger partial charge in [-0.2, -0.15) is 11.8 Å². The van der Waals surface area contributed by atoms with E-state index in [4.69, 9.17) is 4.74 Å². The molecule has 0 aromatic rings. The SMILES string of the molecule is O=C([O-])CSCC(O)COC/C=C/F. The molecule has 0 bridgehead atoms. The van der Waals surface area contributed by atoms with E-state index in [0.717, 1.165) is 11.8 Å². The van der Waals surface area contributed by atoms with Crippen LogP contribution in [0.25, 0.3) is 0 Å². The Morgan fingerprint density at radius 1 is 1.71 bits per heavy atom. The summed E-state index contributed by atoms with van der Waals surface area (Å²) in [6.45, 7) is 0.156. The summed E-state index contributed by atoms with van der Waals surface area (Å²) >= 11 is 1.05. The van der Waals surface area contributed by atoms with Gasteiger partial charge < -0.3 is 19.7 Å². The molecule has 0 radical (unpaired) electrons. The first-order chi connectivity index (χ1) is 6.66. The highest BCUT2D eigenvalue weighted by Gasteiger charge is 2.03. The first-order valence-electron chi connectivity index (χ1n) is 3.95. The van der Waals surface area contributed by atoms with Crippen LogP contribution < -0.4 is 5.11 Å². The molecule has 0 fully saturated rings. The number of hydrogen-bond acceptors (Lipinski definition) is 5. The van der Waals surface area contributed by atoms with E-state index in [9.17, 15) is 19.4 Å². The van der Waals surface area contributed by atoms with Crippen molar-refractivity contribution in [2.24, 2.45) is 0 Å². The molecule has 1 unspecified atom stereocenters. The van der Waals surface area contributed by atoms with Gasteiger partial charge in [0.25, 0.3) is 0 Å². The first kappa shape index (κ1) is 13.4. The van der Waals surface area contributed by atoms with E-state index >= 15 is 0 Å². The van der Waals surface area contributed by atoms with Crippen molar-refractivity contribution < 1.29 is 24.1 Å². The predicted octanol–water partition coefficient (Wildman–Crippen LogP) is -0.670. The average molecular weight is 223 g/mol. The van der Waals surface area contributed by atoms with Crippen molar-refractivity contribution in [2.75, 3.05) is 24.7 Å². The monoisotopic (exact) mass is 223 g/mol. The fourth-order valence-electron chi connectivity index (χ4n) is 0.635. The van der Waals surface area contributed by atoms with Gasteiger partial charge in [0.15, 0.2) is 0 Å². The van der Waals surface area contributed by atoms with Crippen LogP contribution >= 0.6 is 11.8 Å². The van der Waals surface area contributed by atoms with Crippen LogP contribution in [0.3, 0.4) is 0 Å². The number of hydrogen-bond donors (Lipinski definition) is 1. The smallest absolute Gasteiger partial charge is 0.0864 e. The zero-order valence-corrected chi connectivity index (χ0v) is 8.34. The Bertz CT molecular complexity index is 186. The molecule has 6 heteroatoms. The zero-order chi connectivity index (χ0) is 10.8. The van der Waals surface area contributed by atoms with Crippen molar-refractivity contribution >= 4 is 17.7 Å². The molecular weight excluding hydrogens is 211 g/mol. The number of halogens is 1. The minimum Gasteiger partial charge on any atom is -0.549 e. The maximum absolute atomic E-state index is 11.4. The molecule has 1 atom stereocenters. The number of rotatable bonds is 8. The molecule has 82 valence electrons. The number of carboxylic acid groups (broad SMARTS) is 1. The van der Waals surface area contributed by atoms with Crippen LogP contribution in [0.2, 0.25) is 0 Å². The Balaban J connectivity index is 3.27. The maximum Gasteiger partial charge on any atom is 0.0864 e. The minimum atomic E-state index is -1.16. The van der Waals surface area contributed by atoms with E-state index in [1.807, 2.05) is 0 Å². The summed E-state index contributed by atoms with van der Waals surface area (Å²) in [7, 11) is 0. The van der Waals surface area contributed by atoms with Crippen molar-refractivity contribution in [3.05, 3.63) is 12.4 Å². The van der Waals surface area contributed by atoms with Crippen LogP contribution in [0, 0.1) is 0 Å². The standard InChI is InChI=1S/C8H13FO4S/c9-2-1-3-13-4-7(10)5-14-6-8(11)12/h1-2,7,10H,3-6H2,(H,11,12)/p-1/b2-1+.